The number of H-pyrrole nitrogens is 1. The Morgan fingerprint density at radius 2 is 2.50 bits per heavy atom. The van der Waals surface area contributed by atoms with Gasteiger partial charge in [0.2, 0.25) is 5.88 Å². The van der Waals surface area contributed by atoms with E-state index in [0.717, 1.165) is 6.20 Å². The van der Waals surface area contributed by atoms with Crippen LogP contribution in [0.4, 0.5) is 0 Å². The molecule has 56 valence electrons. The van der Waals surface area contributed by atoms with Crippen LogP contribution in [0.1, 0.15) is 0 Å². The molecule has 7 heteroatoms. The largest absolute Gasteiger partial charge is 0.755 e. The second kappa shape index (κ2) is 2.52. The summed E-state index contributed by atoms with van der Waals surface area (Å²) in [5.74, 6) is -0.418. The maximum atomic E-state index is 10.2. The molecule has 0 fully saturated rings. The number of rotatable bonds is 1. The molecule has 0 spiro atoms. The summed E-state index contributed by atoms with van der Waals surface area (Å²) in [7, 11) is 0. The first-order chi connectivity index (χ1) is 4.63. The molecule has 1 aromatic heterocycles. The molecule has 1 rings (SSSR count). The topological polar surface area (TPSA) is 81.1 Å². The van der Waals surface area contributed by atoms with Gasteiger partial charge >= 0.3 is 0 Å². The average Bonchev–Trinajstić information content (AvgIpc) is 2.11. The Bertz CT molecular complexity index is 314. The van der Waals surface area contributed by atoms with Crippen LogP contribution in [0.3, 0.4) is 0 Å². The van der Waals surface area contributed by atoms with Gasteiger partial charge in [-0.25, -0.2) is 3.97 Å². The summed E-state index contributed by atoms with van der Waals surface area (Å²) in [6.45, 7) is 0. The van der Waals surface area contributed by atoms with Gasteiger partial charge in [0.25, 0.3) is 0 Å². The van der Waals surface area contributed by atoms with Gasteiger partial charge in [-0.1, -0.05) is 0 Å². The number of nitrogens with zero attached hydrogens (tertiary/aromatic N) is 1. The van der Waals surface area contributed by atoms with Gasteiger partial charge < -0.3 is 14.6 Å². The summed E-state index contributed by atoms with van der Waals surface area (Å²) in [6, 6.07) is 0. The van der Waals surface area contributed by atoms with E-state index in [-0.39, 0.29) is 4.77 Å². The third kappa shape index (κ3) is 1.11. The normalized spacial score (nSPS) is 13.3. The van der Waals surface area contributed by atoms with Gasteiger partial charge in [-0.15, -0.1) is 0 Å². The lowest BCUT2D eigenvalue weighted by molar-refractivity contribution is 0.439. The Kier molecular flexibility index (Phi) is 1.88. The van der Waals surface area contributed by atoms with Crippen molar-refractivity contribution in [2.24, 2.45) is 0 Å². The van der Waals surface area contributed by atoms with Crippen LogP contribution in [0, 0.1) is 4.77 Å². The highest BCUT2D eigenvalue weighted by Crippen LogP contribution is 2.08. The molecular weight excluding hydrogens is 176 g/mol. The first-order valence-corrected chi connectivity index (χ1v) is 3.66. The summed E-state index contributed by atoms with van der Waals surface area (Å²) >= 11 is 1.96. The third-order valence-corrected chi connectivity index (χ3v) is 1.95. The molecule has 10 heavy (non-hydrogen) atoms. The highest BCUT2D eigenvalue weighted by Gasteiger charge is 1.99. The van der Waals surface area contributed by atoms with Crippen LogP contribution in [-0.2, 0) is 11.3 Å². The fourth-order valence-electron chi connectivity index (χ4n) is 0.492. The zero-order chi connectivity index (χ0) is 7.72. The molecule has 0 aliphatic carbocycles. The quantitative estimate of drug-likeness (QED) is 0.465. The Labute approximate surface area is 63.7 Å². The van der Waals surface area contributed by atoms with Gasteiger partial charge in [0, 0.05) is 0 Å². The molecule has 0 aliphatic heterocycles. The maximum absolute atomic E-state index is 10.2. The Balaban J connectivity index is 3.37. The molecule has 1 atom stereocenters. The van der Waals surface area contributed by atoms with Crippen molar-refractivity contribution in [3.05, 3.63) is 11.0 Å². The molecule has 1 unspecified atom stereocenters. The number of hydrogen-bond acceptors (Lipinski definition) is 4. The Morgan fingerprint density at radius 1 is 1.90 bits per heavy atom. The molecule has 0 amide bonds. The van der Waals surface area contributed by atoms with E-state index in [1.54, 1.807) is 0 Å². The number of hydrogen-bond donors (Lipinski definition) is 2. The molecule has 0 aliphatic rings. The smallest absolute Gasteiger partial charge is 0.221 e. The lowest BCUT2D eigenvalue weighted by atomic mass is 10.9. The lowest BCUT2D eigenvalue weighted by Gasteiger charge is -2.04. The highest BCUT2D eigenvalue weighted by molar-refractivity contribution is 7.78. The minimum absolute atomic E-state index is 0.0502. The van der Waals surface area contributed by atoms with Gasteiger partial charge in [0.1, 0.15) is 0 Å². The van der Waals surface area contributed by atoms with Crippen molar-refractivity contribution >= 4 is 23.5 Å². The first-order valence-electron chi connectivity index (χ1n) is 2.22. The number of imidazole rings is 1. The van der Waals surface area contributed by atoms with Crippen LogP contribution in [0.5, 0.6) is 5.88 Å². The predicted octanol–water partition coefficient (Wildman–Crippen LogP) is -0.107. The predicted molar refractivity (Wildman–Crippen MR) is 35.6 cm³/mol. The molecule has 1 aromatic rings. The third-order valence-electron chi connectivity index (χ3n) is 0.866. The minimum Gasteiger partial charge on any atom is -0.755 e. The fourth-order valence-corrected chi connectivity index (χ4v) is 1.22. The fraction of sp³-hybridized carbons (Fsp3) is 0. The molecule has 2 N–H and O–H groups in total. The summed E-state index contributed by atoms with van der Waals surface area (Å²) < 4.78 is 21.0. The number of aromatic hydroxyl groups is 1. The lowest BCUT2D eigenvalue weighted by Crippen LogP contribution is -2.01. The van der Waals surface area contributed by atoms with E-state index in [1.165, 1.54) is 0 Å². The van der Waals surface area contributed by atoms with Crippen LogP contribution in [0.25, 0.3) is 0 Å². The molecule has 0 saturated carbocycles. The van der Waals surface area contributed by atoms with E-state index in [0.29, 0.717) is 3.97 Å². The van der Waals surface area contributed by atoms with Gasteiger partial charge in [-0.3, -0.25) is 4.21 Å². The van der Waals surface area contributed by atoms with E-state index in [1.807, 2.05) is 0 Å². The number of nitrogens with one attached hydrogen (secondary N) is 1. The maximum Gasteiger partial charge on any atom is 0.221 e. The zero-order valence-corrected chi connectivity index (χ0v) is 6.24. The van der Waals surface area contributed by atoms with Crippen molar-refractivity contribution in [1.82, 2.24) is 8.96 Å². The van der Waals surface area contributed by atoms with E-state index in [9.17, 15) is 8.76 Å². The minimum atomic E-state index is -2.54. The van der Waals surface area contributed by atoms with Gasteiger partial charge in [-0.05, 0) is 12.2 Å². The summed E-state index contributed by atoms with van der Waals surface area (Å²) in [6.07, 6.45) is 1.10. The van der Waals surface area contributed by atoms with Crippen molar-refractivity contribution in [3.63, 3.8) is 0 Å². The van der Waals surface area contributed by atoms with Crippen molar-refractivity contribution in [3.8, 4) is 5.88 Å². The second-order valence-corrected chi connectivity index (χ2v) is 2.65. The Hall–Kier alpha value is -0.660. The summed E-state index contributed by atoms with van der Waals surface area (Å²) in [4.78, 5) is 2.35. The van der Waals surface area contributed by atoms with Gasteiger partial charge in [0.05, 0.1) is 17.5 Å². The summed E-state index contributed by atoms with van der Waals surface area (Å²) in [5, 5.41) is 8.77. The standard InChI is InChI=1S/C3H4N2O3S2/c6-2-1-4-3(9)5(2)10(7)8/h1,6H,(H,4,9)(H,7,8)/p-1. The molecule has 0 saturated heterocycles. The SMILES string of the molecule is O=S([O-])n1c(O)c[nH]c1=S. The molecule has 0 radical (unpaired) electrons. The van der Waals surface area contributed by atoms with Crippen LogP contribution < -0.4 is 0 Å². The summed E-state index contributed by atoms with van der Waals surface area (Å²) in [5.41, 5.74) is 0. The highest BCUT2D eigenvalue weighted by atomic mass is 32.2. The van der Waals surface area contributed by atoms with E-state index in [4.69, 9.17) is 5.11 Å². The first kappa shape index (κ1) is 7.45. The van der Waals surface area contributed by atoms with E-state index < -0.39 is 17.1 Å². The number of aromatic amines is 1. The zero-order valence-electron chi connectivity index (χ0n) is 4.60. The molecule has 5 nitrogen and oxygen atoms in total. The van der Waals surface area contributed by atoms with Crippen molar-refractivity contribution in [1.29, 1.82) is 0 Å². The van der Waals surface area contributed by atoms with Crippen molar-refractivity contribution in [2.75, 3.05) is 0 Å². The average molecular weight is 179 g/mol. The second-order valence-electron chi connectivity index (χ2n) is 1.46. The molecule has 0 aromatic carbocycles. The number of aromatic nitrogens is 2. The van der Waals surface area contributed by atoms with Gasteiger partial charge in [-0.2, -0.15) is 0 Å². The monoisotopic (exact) mass is 179 g/mol. The molecule has 1 heterocycles. The Morgan fingerprint density at radius 3 is 2.70 bits per heavy atom. The van der Waals surface area contributed by atoms with Crippen LogP contribution in [-0.4, -0.2) is 22.8 Å². The molecule has 0 bridgehead atoms. The van der Waals surface area contributed by atoms with Crippen LogP contribution in [0.2, 0.25) is 0 Å². The van der Waals surface area contributed by atoms with Crippen molar-refractivity contribution < 1.29 is 13.9 Å². The van der Waals surface area contributed by atoms with E-state index in [2.05, 4.69) is 17.2 Å². The van der Waals surface area contributed by atoms with Crippen LogP contribution in [0.15, 0.2) is 6.20 Å². The molecular formula is C3H3N2O3S2-. The van der Waals surface area contributed by atoms with Crippen molar-refractivity contribution in [2.45, 2.75) is 0 Å². The van der Waals surface area contributed by atoms with Crippen LogP contribution >= 0.6 is 12.2 Å². The van der Waals surface area contributed by atoms with Gasteiger partial charge in [0.15, 0.2) is 4.77 Å². The van der Waals surface area contributed by atoms with E-state index >= 15 is 0 Å².